The van der Waals surface area contributed by atoms with Gasteiger partial charge in [0.1, 0.15) is 42.3 Å². The van der Waals surface area contributed by atoms with Crippen molar-refractivity contribution in [2.45, 2.75) is 103 Å². The molecule has 17 N–H and O–H groups in total. The Labute approximate surface area is 308 Å². The summed E-state index contributed by atoms with van der Waals surface area (Å²) in [7, 11) is 0. The van der Waals surface area contributed by atoms with Crippen molar-refractivity contribution in [1.29, 1.82) is 0 Å². The molecule has 0 aromatic heterocycles. The van der Waals surface area contributed by atoms with E-state index in [1.165, 1.54) is 13.8 Å². The van der Waals surface area contributed by atoms with Crippen LogP contribution >= 0.6 is 0 Å². The zero-order chi connectivity index (χ0) is 41.0. The Morgan fingerprint density at radius 3 is 1.53 bits per heavy atom. The van der Waals surface area contributed by atoms with Crippen LogP contribution in [0.5, 0.6) is 0 Å². The standard InChI is InChI=1S/C31H58N12O10/c1-14(2)10-19(28(51)41-20(12-44)24(33)47)40-30(53)23(15(3)4)43-29(52)21(13-45)42-26(49)17(6)38-27(50)18(8-7-9-36-31(34)35)39-25(48)16(5)37-22(46)11-32/h14-21,23,44-45H,7-13,32H2,1-6H3,(H2,33,47)(H,37,46)(H,38,50)(H,39,48)(H,40,53)(H,41,51)(H,42,49)(H,43,52)(H4,34,35,36)/t16-,17-,18-,19-,20-,21-,23-/m0/s1. The summed E-state index contributed by atoms with van der Waals surface area (Å²) in [6.07, 6.45) is 0.376. The Morgan fingerprint density at radius 1 is 0.585 bits per heavy atom. The lowest BCUT2D eigenvalue weighted by molar-refractivity contribution is -0.136. The van der Waals surface area contributed by atoms with Gasteiger partial charge in [-0.2, -0.15) is 0 Å². The van der Waals surface area contributed by atoms with E-state index in [4.69, 9.17) is 22.9 Å². The Bertz CT molecular complexity index is 1310. The van der Waals surface area contributed by atoms with Crippen LogP contribution in [-0.4, -0.2) is 132 Å². The number of aliphatic hydroxyl groups excluding tert-OH is 2. The molecule has 22 nitrogen and oxygen atoms in total. The largest absolute Gasteiger partial charge is 0.394 e. The topological polar surface area (TPSA) is 378 Å². The molecule has 0 aliphatic rings. The van der Waals surface area contributed by atoms with Crippen LogP contribution in [0.4, 0.5) is 0 Å². The molecule has 22 heteroatoms. The summed E-state index contributed by atoms with van der Waals surface area (Å²) < 4.78 is 0. The Kier molecular flexibility index (Phi) is 21.9. The van der Waals surface area contributed by atoms with Gasteiger partial charge in [-0.3, -0.25) is 43.3 Å². The van der Waals surface area contributed by atoms with Crippen LogP contribution in [0.3, 0.4) is 0 Å². The molecule has 302 valence electrons. The third-order valence-corrected chi connectivity index (χ3v) is 7.53. The first-order valence-corrected chi connectivity index (χ1v) is 17.1. The van der Waals surface area contributed by atoms with E-state index in [0.29, 0.717) is 0 Å². The molecule has 0 heterocycles. The fraction of sp³-hybridized carbons (Fsp3) is 0.710. The van der Waals surface area contributed by atoms with E-state index < -0.39 is 109 Å². The number of guanidine groups is 1. The lowest BCUT2D eigenvalue weighted by Crippen LogP contribution is -2.61. The number of hydrogen-bond acceptors (Lipinski definition) is 12. The fourth-order valence-corrected chi connectivity index (χ4v) is 4.54. The average molecular weight is 759 g/mol. The zero-order valence-corrected chi connectivity index (χ0v) is 31.1. The van der Waals surface area contributed by atoms with Crippen LogP contribution in [0, 0.1) is 11.8 Å². The van der Waals surface area contributed by atoms with E-state index in [2.05, 4.69) is 42.2 Å². The van der Waals surface area contributed by atoms with Gasteiger partial charge in [0, 0.05) is 6.54 Å². The van der Waals surface area contributed by atoms with Crippen LogP contribution in [0.15, 0.2) is 4.99 Å². The number of rotatable bonds is 24. The van der Waals surface area contributed by atoms with Crippen molar-refractivity contribution in [2.24, 2.45) is 39.8 Å². The number of nitrogens with zero attached hydrogens (tertiary/aromatic N) is 1. The number of carbonyl (C=O) groups excluding carboxylic acids is 8. The Balaban J connectivity index is 5.75. The first kappa shape index (κ1) is 47.9. The highest BCUT2D eigenvalue weighted by molar-refractivity contribution is 5.97. The SMILES string of the molecule is CC(C)C[C@H](NC(=O)[C@@H](NC(=O)[C@H](CO)NC(=O)[C@H](C)NC(=O)[C@H](CCCN=C(N)N)NC(=O)[C@H](C)NC(=O)CN)C(C)C)C(=O)N[C@@H](CO)C(N)=O. The van der Waals surface area contributed by atoms with Gasteiger partial charge in [-0.1, -0.05) is 27.7 Å². The summed E-state index contributed by atoms with van der Waals surface area (Å²) in [6.45, 7) is 7.49. The van der Waals surface area contributed by atoms with Crippen molar-refractivity contribution in [3.05, 3.63) is 0 Å². The predicted molar refractivity (Wildman–Crippen MR) is 191 cm³/mol. The molecule has 0 unspecified atom stereocenters. The van der Waals surface area contributed by atoms with Crippen molar-refractivity contribution < 1.29 is 48.6 Å². The minimum absolute atomic E-state index is 0.0212. The average Bonchev–Trinajstić information content (AvgIpc) is 3.07. The van der Waals surface area contributed by atoms with Gasteiger partial charge >= 0.3 is 0 Å². The van der Waals surface area contributed by atoms with E-state index in [1.54, 1.807) is 27.7 Å². The van der Waals surface area contributed by atoms with E-state index in [9.17, 15) is 48.6 Å². The molecule has 0 saturated heterocycles. The lowest BCUT2D eigenvalue weighted by atomic mass is 9.99. The maximum absolute atomic E-state index is 13.3. The third-order valence-electron chi connectivity index (χ3n) is 7.53. The van der Waals surface area contributed by atoms with Crippen LogP contribution in [-0.2, 0) is 38.4 Å². The number of aliphatic imine (C=N–C) groups is 1. The van der Waals surface area contributed by atoms with Crippen molar-refractivity contribution in [2.75, 3.05) is 26.3 Å². The second-order valence-corrected chi connectivity index (χ2v) is 13.0. The fourth-order valence-electron chi connectivity index (χ4n) is 4.54. The minimum Gasteiger partial charge on any atom is -0.394 e. The van der Waals surface area contributed by atoms with Crippen molar-refractivity contribution in [3.8, 4) is 0 Å². The van der Waals surface area contributed by atoms with Gasteiger partial charge in [0.25, 0.3) is 0 Å². The second kappa shape index (κ2) is 24.2. The number of hydrogen-bond donors (Lipinski definition) is 13. The van der Waals surface area contributed by atoms with Crippen molar-refractivity contribution >= 4 is 53.2 Å². The highest BCUT2D eigenvalue weighted by Crippen LogP contribution is 2.09. The number of primary amides is 1. The van der Waals surface area contributed by atoms with Gasteiger partial charge in [0.05, 0.1) is 19.8 Å². The molecular weight excluding hydrogens is 700 g/mol. The molecule has 8 amide bonds. The Morgan fingerprint density at radius 2 is 1.06 bits per heavy atom. The van der Waals surface area contributed by atoms with Gasteiger partial charge in [-0.15, -0.1) is 0 Å². The molecule has 0 fully saturated rings. The van der Waals surface area contributed by atoms with E-state index in [-0.39, 0.29) is 44.2 Å². The van der Waals surface area contributed by atoms with E-state index >= 15 is 0 Å². The molecule has 0 aliphatic heterocycles. The Hall–Kier alpha value is -5.09. The van der Waals surface area contributed by atoms with Gasteiger partial charge in [0.15, 0.2) is 5.96 Å². The smallest absolute Gasteiger partial charge is 0.245 e. The van der Waals surface area contributed by atoms with E-state index in [0.717, 1.165) is 0 Å². The van der Waals surface area contributed by atoms with Crippen LogP contribution in [0.2, 0.25) is 0 Å². The molecule has 0 aromatic rings. The molecule has 0 aliphatic carbocycles. The summed E-state index contributed by atoms with van der Waals surface area (Å²) >= 11 is 0. The van der Waals surface area contributed by atoms with Crippen LogP contribution in [0.1, 0.15) is 60.8 Å². The highest BCUT2D eigenvalue weighted by Gasteiger charge is 2.33. The molecule has 0 bridgehead atoms. The summed E-state index contributed by atoms with van der Waals surface area (Å²) in [5.74, 6) is -7.42. The number of aliphatic hydroxyl groups is 2. The summed E-state index contributed by atoms with van der Waals surface area (Å²) in [4.78, 5) is 105. The van der Waals surface area contributed by atoms with Crippen LogP contribution < -0.4 is 60.2 Å². The monoisotopic (exact) mass is 758 g/mol. The molecule has 53 heavy (non-hydrogen) atoms. The van der Waals surface area contributed by atoms with Gasteiger partial charge < -0.3 is 70.4 Å². The second-order valence-electron chi connectivity index (χ2n) is 13.0. The minimum atomic E-state index is -1.59. The number of nitrogens with one attached hydrogen (secondary N) is 7. The summed E-state index contributed by atoms with van der Waals surface area (Å²) in [5.41, 5.74) is 21.1. The van der Waals surface area contributed by atoms with Gasteiger partial charge in [-0.25, -0.2) is 0 Å². The number of nitrogens with two attached hydrogens (primary N) is 4. The number of carbonyl (C=O) groups is 8. The van der Waals surface area contributed by atoms with Gasteiger partial charge in [0.2, 0.25) is 47.3 Å². The maximum Gasteiger partial charge on any atom is 0.245 e. The first-order chi connectivity index (χ1) is 24.7. The maximum atomic E-state index is 13.3. The summed E-state index contributed by atoms with van der Waals surface area (Å²) in [5, 5.41) is 36.2. The van der Waals surface area contributed by atoms with Crippen molar-refractivity contribution in [1.82, 2.24) is 37.2 Å². The first-order valence-electron chi connectivity index (χ1n) is 17.1. The molecule has 0 aromatic carbocycles. The van der Waals surface area contributed by atoms with E-state index in [1.807, 2.05) is 0 Å². The molecule has 0 rings (SSSR count). The molecule has 0 spiro atoms. The molecule has 0 radical (unpaired) electrons. The lowest BCUT2D eigenvalue weighted by Gasteiger charge is -2.28. The predicted octanol–water partition coefficient (Wildman–Crippen LogP) is -6.40. The molecule has 7 atom stereocenters. The quantitative estimate of drug-likeness (QED) is 0.0248. The van der Waals surface area contributed by atoms with Crippen molar-refractivity contribution in [3.63, 3.8) is 0 Å². The van der Waals surface area contributed by atoms with Crippen LogP contribution in [0.25, 0.3) is 0 Å². The van der Waals surface area contributed by atoms with Gasteiger partial charge in [-0.05, 0) is 44.9 Å². The number of amides is 8. The zero-order valence-electron chi connectivity index (χ0n) is 31.1. The normalized spacial score (nSPS) is 14.9. The summed E-state index contributed by atoms with van der Waals surface area (Å²) in [6, 6.07) is -9.00. The molecular formula is C31H58N12O10. The molecule has 0 saturated carbocycles. The highest BCUT2D eigenvalue weighted by atomic mass is 16.3. The third kappa shape index (κ3) is 18.3.